The van der Waals surface area contributed by atoms with E-state index in [2.05, 4.69) is 9.97 Å². The molecule has 16 heavy (non-hydrogen) atoms. The lowest BCUT2D eigenvalue weighted by Crippen LogP contribution is -2.30. The molecule has 0 saturated carbocycles. The highest BCUT2D eigenvalue weighted by atomic mass is 19.1. The number of imidazole rings is 1. The summed E-state index contributed by atoms with van der Waals surface area (Å²) in [7, 11) is 0. The summed E-state index contributed by atoms with van der Waals surface area (Å²) in [5.41, 5.74) is 6.93. The highest BCUT2D eigenvalue weighted by Gasteiger charge is 2.18. The molecular formula is C12H14FN3. The predicted octanol–water partition coefficient (Wildman–Crippen LogP) is 2.41. The fourth-order valence-corrected chi connectivity index (χ4v) is 1.45. The molecule has 0 radical (unpaired) electrons. The second-order valence-electron chi connectivity index (χ2n) is 4.38. The topological polar surface area (TPSA) is 54.7 Å². The van der Waals surface area contributed by atoms with Crippen LogP contribution in [0.25, 0.3) is 11.3 Å². The molecule has 1 aromatic carbocycles. The van der Waals surface area contributed by atoms with E-state index in [1.807, 2.05) is 19.9 Å². The molecule has 3 nitrogen and oxygen atoms in total. The van der Waals surface area contributed by atoms with Gasteiger partial charge in [0.2, 0.25) is 0 Å². The van der Waals surface area contributed by atoms with Crippen LogP contribution in [0.15, 0.2) is 30.5 Å². The molecule has 4 heteroatoms. The van der Waals surface area contributed by atoms with Gasteiger partial charge in [0.15, 0.2) is 0 Å². The summed E-state index contributed by atoms with van der Waals surface area (Å²) in [5.74, 6) is 0.424. The van der Waals surface area contributed by atoms with Gasteiger partial charge in [0.25, 0.3) is 0 Å². The van der Waals surface area contributed by atoms with Gasteiger partial charge in [-0.25, -0.2) is 9.37 Å². The molecular weight excluding hydrogens is 205 g/mol. The molecule has 0 bridgehead atoms. The monoisotopic (exact) mass is 219 g/mol. The number of nitrogens with zero attached hydrogens (tertiary/aromatic N) is 1. The number of hydrogen-bond donors (Lipinski definition) is 2. The molecule has 0 aliphatic heterocycles. The van der Waals surface area contributed by atoms with Crippen LogP contribution in [0.2, 0.25) is 0 Å². The van der Waals surface area contributed by atoms with Crippen LogP contribution >= 0.6 is 0 Å². The number of aromatic amines is 1. The van der Waals surface area contributed by atoms with Crippen LogP contribution < -0.4 is 5.73 Å². The summed E-state index contributed by atoms with van der Waals surface area (Å²) in [4.78, 5) is 7.28. The first-order chi connectivity index (χ1) is 7.47. The van der Waals surface area contributed by atoms with E-state index in [0.717, 1.165) is 11.3 Å². The summed E-state index contributed by atoms with van der Waals surface area (Å²) in [6, 6.07) is 6.36. The lowest BCUT2D eigenvalue weighted by Gasteiger charge is -2.14. The molecule has 1 heterocycles. The van der Waals surface area contributed by atoms with Crippen molar-refractivity contribution in [1.29, 1.82) is 0 Å². The number of aromatic nitrogens is 2. The Morgan fingerprint density at radius 2 is 2.12 bits per heavy atom. The minimum atomic E-state index is -0.522. The van der Waals surface area contributed by atoms with Gasteiger partial charge in [-0.3, -0.25) is 0 Å². The van der Waals surface area contributed by atoms with Gasteiger partial charge in [-0.05, 0) is 26.0 Å². The Bertz CT molecular complexity index is 497. The van der Waals surface area contributed by atoms with Crippen molar-refractivity contribution in [2.75, 3.05) is 0 Å². The first-order valence-electron chi connectivity index (χ1n) is 5.07. The molecule has 0 unspecified atom stereocenters. The highest BCUT2D eigenvalue weighted by molar-refractivity contribution is 5.58. The number of nitrogens with two attached hydrogens (primary N) is 1. The van der Waals surface area contributed by atoms with Crippen LogP contribution in [0.1, 0.15) is 19.7 Å². The van der Waals surface area contributed by atoms with Crippen LogP contribution in [0.3, 0.4) is 0 Å². The van der Waals surface area contributed by atoms with Gasteiger partial charge in [0.05, 0.1) is 17.4 Å². The standard InChI is InChI=1S/C12H14FN3/c1-12(2,14)11-15-7-10(16-11)8-4-3-5-9(13)6-8/h3-7H,14H2,1-2H3,(H,15,16). The van der Waals surface area contributed by atoms with Gasteiger partial charge < -0.3 is 10.7 Å². The van der Waals surface area contributed by atoms with E-state index in [1.54, 1.807) is 12.3 Å². The summed E-state index contributed by atoms with van der Waals surface area (Å²) in [5, 5.41) is 0. The van der Waals surface area contributed by atoms with Crippen molar-refractivity contribution < 1.29 is 4.39 Å². The Kier molecular flexibility index (Phi) is 2.52. The van der Waals surface area contributed by atoms with Gasteiger partial charge in [-0.1, -0.05) is 12.1 Å². The van der Waals surface area contributed by atoms with Crippen molar-refractivity contribution in [2.45, 2.75) is 19.4 Å². The average Bonchev–Trinajstić information content (AvgIpc) is 2.65. The van der Waals surface area contributed by atoms with Crippen molar-refractivity contribution in [3.05, 3.63) is 42.1 Å². The van der Waals surface area contributed by atoms with Crippen molar-refractivity contribution >= 4 is 0 Å². The average molecular weight is 219 g/mol. The zero-order chi connectivity index (χ0) is 11.8. The number of rotatable bonds is 2. The van der Waals surface area contributed by atoms with E-state index in [0.29, 0.717) is 5.82 Å². The number of nitrogens with one attached hydrogen (secondary N) is 1. The largest absolute Gasteiger partial charge is 0.340 e. The SMILES string of the molecule is CC(C)(N)c1ncc(-c2cccc(F)c2)[nH]1. The second-order valence-corrected chi connectivity index (χ2v) is 4.38. The van der Waals surface area contributed by atoms with Gasteiger partial charge in [0, 0.05) is 5.56 Å². The summed E-state index contributed by atoms with van der Waals surface area (Å²) >= 11 is 0. The number of benzene rings is 1. The van der Waals surface area contributed by atoms with Gasteiger partial charge in [-0.15, -0.1) is 0 Å². The van der Waals surface area contributed by atoms with Crippen molar-refractivity contribution in [3.63, 3.8) is 0 Å². The van der Waals surface area contributed by atoms with Crippen molar-refractivity contribution in [1.82, 2.24) is 9.97 Å². The predicted molar refractivity (Wildman–Crippen MR) is 61.2 cm³/mol. The lowest BCUT2D eigenvalue weighted by molar-refractivity contribution is 0.520. The van der Waals surface area contributed by atoms with E-state index in [9.17, 15) is 4.39 Å². The zero-order valence-corrected chi connectivity index (χ0v) is 9.29. The van der Waals surface area contributed by atoms with Crippen LogP contribution in [0, 0.1) is 5.82 Å². The third-order valence-electron chi connectivity index (χ3n) is 2.32. The maximum absolute atomic E-state index is 13.0. The fourth-order valence-electron chi connectivity index (χ4n) is 1.45. The third-order valence-corrected chi connectivity index (χ3v) is 2.32. The molecule has 3 N–H and O–H groups in total. The molecule has 0 atom stereocenters. The van der Waals surface area contributed by atoms with E-state index >= 15 is 0 Å². The molecule has 0 fully saturated rings. The van der Waals surface area contributed by atoms with Crippen molar-refractivity contribution in [2.24, 2.45) is 5.73 Å². The molecule has 2 rings (SSSR count). The molecule has 0 aliphatic rings. The molecule has 0 aliphatic carbocycles. The lowest BCUT2D eigenvalue weighted by atomic mass is 10.1. The normalized spacial score (nSPS) is 11.8. The maximum Gasteiger partial charge on any atom is 0.126 e. The van der Waals surface area contributed by atoms with Crippen LogP contribution in [0.4, 0.5) is 4.39 Å². The van der Waals surface area contributed by atoms with Crippen molar-refractivity contribution in [3.8, 4) is 11.3 Å². The second kappa shape index (κ2) is 3.72. The summed E-state index contributed by atoms with van der Waals surface area (Å²) in [6.07, 6.45) is 1.67. The maximum atomic E-state index is 13.0. The quantitative estimate of drug-likeness (QED) is 0.814. The molecule has 0 saturated heterocycles. The van der Waals surface area contributed by atoms with E-state index in [4.69, 9.17) is 5.73 Å². The number of H-pyrrole nitrogens is 1. The fraction of sp³-hybridized carbons (Fsp3) is 0.250. The minimum Gasteiger partial charge on any atom is -0.340 e. The molecule has 1 aromatic heterocycles. The highest BCUT2D eigenvalue weighted by Crippen LogP contribution is 2.21. The Balaban J connectivity index is 2.39. The molecule has 2 aromatic rings. The zero-order valence-electron chi connectivity index (χ0n) is 9.29. The van der Waals surface area contributed by atoms with Gasteiger partial charge in [-0.2, -0.15) is 0 Å². The molecule has 0 spiro atoms. The Morgan fingerprint density at radius 1 is 1.38 bits per heavy atom. The Labute approximate surface area is 93.5 Å². The van der Waals surface area contributed by atoms with Crippen LogP contribution in [-0.2, 0) is 5.54 Å². The van der Waals surface area contributed by atoms with Crippen LogP contribution in [0.5, 0.6) is 0 Å². The Morgan fingerprint density at radius 3 is 2.69 bits per heavy atom. The van der Waals surface area contributed by atoms with E-state index in [-0.39, 0.29) is 5.82 Å². The third kappa shape index (κ3) is 2.12. The minimum absolute atomic E-state index is 0.263. The van der Waals surface area contributed by atoms with Gasteiger partial charge >= 0.3 is 0 Å². The number of halogens is 1. The Hall–Kier alpha value is -1.68. The smallest absolute Gasteiger partial charge is 0.126 e. The van der Waals surface area contributed by atoms with Crippen LogP contribution in [-0.4, -0.2) is 9.97 Å². The van der Waals surface area contributed by atoms with E-state index in [1.165, 1.54) is 12.1 Å². The number of hydrogen-bond acceptors (Lipinski definition) is 2. The first kappa shape index (κ1) is 10.8. The van der Waals surface area contributed by atoms with E-state index < -0.39 is 5.54 Å². The summed E-state index contributed by atoms with van der Waals surface area (Å²) in [6.45, 7) is 3.72. The molecule has 0 amide bonds. The van der Waals surface area contributed by atoms with Gasteiger partial charge in [0.1, 0.15) is 11.6 Å². The first-order valence-corrected chi connectivity index (χ1v) is 5.07. The summed E-state index contributed by atoms with van der Waals surface area (Å²) < 4.78 is 13.0. The molecule has 84 valence electrons.